The molecular weight excluding hydrogens is 398 g/mol. The second-order valence-electron chi connectivity index (χ2n) is 7.73. The molecule has 0 saturated carbocycles. The van der Waals surface area contributed by atoms with Gasteiger partial charge >= 0.3 is 0 Å². The van der Waals surface area contributed by atoms with E-state index in [2.05, 4.69) is 10.2 Å². The maximum atomic E-state index is 12.9. The van der Waals surface area contributed by atoms with Crippen molar-refractivity contribution >= 4 is 27.3 Å². The summed E-state index contributed by atoms with van der Waals surface area (Å²) in [5.41, 5.74) is 3.56. The minimum Gasteiger partial charge on any atom is -0.375 e. The van der Waals surface area contributed by atoms with Gasteiger partial charge in [0.15, 0.2) is 0 Å². The van der Waals surface area contributed by atoms with Crippen molar-refractivity contribution in [1.82, 2.24) is 5.32 Å². The summed E-state index contributed by atoms with van der Waals surface area (Å²) < 4.78 is 26.4. The Morgan fingerprint density at radius 3 is 2.17 bits per heavy atom. The molecule has 7 heteroatoms. The molecule has 1 N–H and O–H groups in total. The Balaban J connectivity index is 2.05. The molecule has 0 spiro atoms. The van der Waals surface area contributed by atoms with Crippen molar-refractivity contribution in [2.75, 3.05) is 35.6 Å². The van der Waals surface area contributed by atoms with Gasteiger partial charge in [0.25, 0.3) is 0 Å². The van der Waals surface area contributed by atoms with Crippen LogP contribution in [-0.4, -0.2) is 46.8 Å². The summed E-state index contributed by atoms with van der Waals surface area (Å²) in [4.78, 5) is 15.0. The van der Waals surface area contributed by atoms with Crippen LogP contribution in [-0.2, 0) is 14.8 Å². The van der Waals surface area contributed by atoms with E-state index in [1.807, 2.05) is 64.2 Å². The van der Waals surface area contributed by atoms with Crippen LogP contribution in [0.5, 0.6) is 0 Å². The first-order valence-electron chi connectivity index (χ1n) is 10.2. The first-order chi connectivity index (χ1) is 14.1. The van der Waals surface area contributed by atoms with Crippen molar-refractivity contribution in [1.29, 1.82) is 0 Å². The highest BCUT2D eigenvalue weighted by atomic mass is 32.2. The van der Waals surface area contributed by atoms with Crippen molar-refractivity contribution in [3.8, 4) is 0 Å². The van der Waals surface area contributed by atoms with Crippen LogP contribution >= 0.6 is 0 Å². The average Bonchev–Trinajstić information content (AvgIpc) is 2.67. The molecular formula is C23H33N3O3S. The van der Waals surface area contributed by atoms with E-state index in [1.165, 1.54) is 4.31 Å². The van der Waals surface area contributed by atoms with E-state index >= 15 is 0 Å². The van der Waals surface area contributed by atoms with Crippen LogP contribution in [0.2, 0.25) is 0 Å². The van der Waals surface area contributed by atoms with Gasteiger partial charge in [-0.25, -0.2) is 8.42 Å². The number of sulfonamides is 1. The van der Waals surface area contributed by atoms with Gasteiger partial charge in [0.1, 0.15) is 6.04 Å². The van der Waals surface area contributed by atoms with Crippen molar-refractivity contribution in [3.63, 3.8) is 0 Å². The summed E-state index contributed by atoms with van der Waals surface area (Å²) in [7, 11) is -1.61. The summed E-state index contributed by atoms with van der Waals surface area (Å²) in [5, 5.41) is 2.92. The smallest absolute Gasteiger partial charge is 0.243 e. The van der Waals surface area contributed by atoms with Crippen molar-refractivity contribution in [2.24, 2.45) is 0 Å². The van der Waals surface area contributed by atoms with Gasteiger partial charge in [-0.2, -0.15) is 0 Å². The molecule has 0 aliphatic rings. The van der Waals surface area contributed by atoms with Gasteiger partial charge in [-0.15, -0.1) is 0 Å². The van der Waals surface area contributed by atoms with E-state index in [0.29, 0.717) is 18.7 Å². The highest BCUT2D eigenvalue weighted by Crippen LogP contribution is 2.25. The Bertz CT molecular complexity index is 925. The van der Waals surface area contributed by atoms with Crippen LogP contribution < -0.4 is 14.5 Å². The SMILES string of the molecule is CC[C@@H](C(=O)NCCCN(C)c1ccccc1)N(c1cc(C)cc(C)c1)S(C)(=O)=O. The lowest BCUT2D eigenvalue weighted by molar-refractivity contribution is -0.122. The zero-order valence-corrected chi connectivity index (χ0v) is 19.4. The topological polar surface area (TPSA) is 69.7 Å². The molecule has 2 aromatic rings. The number of hydrogen-bond acceptors (Lipinski definition) is 4. The normalized spacial score (nSPS) is 12.3. The number of aryl methyl sites for hydroxylation is 2. The van der Waals surface area contributed by atoms with Crippen LogP contribution in [0.15, 0.2) is 48.5 Å². The lowest BCUT2D eigenvalue weighted by Crippen LogP contribution is -2.49. The highest BCUT2D eigenvalue weighted by molar-refractivity contribution is 7.92. The summed E-state index contributed by atoms with van der Waals surface area (Å²) in [6, 6.07) is 14.8. The minimum absolute atomic E-state index is 0.274. The number of hydrogen-bond donors (Lipinski definition) is 1. The molecule has 2 rings (SSSR count). The Hall–Kier alpha value is -2.54. The molecule has 0 unspecified atom stereocenters. The van der Waals surface area contributed by atoms with Gasteiger partial charge in [-0.05, 0) is 62.1 Å². The number of carbonyl (C=O) groups excluding carboxylic acids is 1. The molecule has 0 aromatic heterocycles. The van der Waals surface area contributed by atoms with Crippen molar-refractivity contribution in [2.45, 2.75) is 39.7 Å². The van der Waals surface area contributed by atoms with E-state index in [0.717, 1.165) is 36.0 Å². The summed E-state index contributed by atoms with van der Waals surface area (Å²) in [6.45, 7) is 6.93. The first kappa shape index (κ1) is 23.7. The molecule has 0 aliphatic carbocycles. The summed E-state index contributed by atoms with van der Waals surface area (Å²) in [6.07, 6.45) is 2.29. The quantitative estimate of drug-likeness (QED) is 0.585. The third-order valence-electron chi connectivity index (χ3n) is 4.96. The number of carbonyl (C=O) groups is 1. The van der Waals surface area contributed by atoms with E-state index in [-0.39, 0.29) is 5.91 Å². The Morgan fingerprint density at radius 1 is 1.03 bits per heavy atom. The second kappa shape index (κ2) is 10.5. The van der Waals surface area contributed by atoms with Crippen LogP contribution in [0.4, 0.5) is 11.4 Å². The fourth-order valence-electron chi connectivity index (χ4n) is 3.60. The van der Waals surface area contributed by atoms with Gasteiger partial charge in [0.05, 0.1) is 11.9 Å². The van der Waals surface area contributed by atoms with Crippen molar-refractivity contribution < 1.29 is 13.2 Å². The molecule has 1 atom stereocenters. The van der Waals surface area contributed by atoms with E-state index in [4.69, 9.17) is 0 Å². The number of benzene rings is 2. The van der Waals surface area contributed by atoms with Gasteiger partial charge < -0.3 is 10.2 Å². The number of amides is 1. The zero-order chi connectivity index (χ0) is 22.3. The lowest BCUT2D eigenvalue weighted by Gasteiger charge is -2.30. The van der Waals surface area contributed by atoms with Crippen LogP contribution in [0.25, 0.3) is 0 Å². The molecule has 0 saturated heterocycles. The van der Waals surface area contributed by atoms with Crippen molar-refractivity contribution in [3.05, 3.63) is 59.7 Å². The van der Waals surface area contributed by atoms with Gasteiger partial charge in [-0.1, -0.05) is 31.2 Å². The Labute approximate surface area is 180 Å². The van der Waals surface area contributed by atoms with Crippen LogP contribution in [0.1, 0.15) is 30.9 Å². The first-order valence-corrected chi connectivity index (χ1v) is 12.1. The zero-order valence-electron chi connectivity index (χ0n) is 18.6. The largest absolute Gasteiger partial charge is 0.375 e. The monoisotopic (exact) mass is 431 g/mol. The fraction of sp³-hybridized carbons (Fsp3) is 0.435. The molecule has 0 bridgehead atoms. The predicted molar refractivity (Wildman–Crippen MR) is 125 cm³/mol. The fourth-order valence-corrected chi connectivity index (χ4v) is 4.79. The molecule has 30 heavy (non-hydrogen) atoms. The third-order valence-corrected chi connectivity index (χ3v) is 6.14. The number of rotatable bonds is 10. The average molecular weight is 432 g/mol. The molecule has 1 amide bonds. The van der Waals surface area contributed by atoms with Gasteiger partial charge in [0, 0.05) is 25.8 Å². The molecule has 0 radical (unpaired) electrons. The van der Waals surface area contributed by atoms with E-state index in [1.54, 1.807) is 12.1 Å². The number of para-hydroxylation sites is 1. The number of nitrogens with one attached hydrogen (secondary N) is 1. The number of anilines is 2. The molecule has 2 aromatic carbocycles. The van der Waals surface area contributed by atoms with Gasteiger partial charge in [0.2, 0.25) is 15.9 Å². The molecule has 164 valence electrons. The highest BCUT2D eigenvalue weighted by Gasteiger charge is 2.31. The molecule has 0 aliphatic heterocycles. The predicted octanol–water partition coefficient (Wildman–Crippen LogP) is 3.49. The van der Waals surface area contributed by atoms with E-state index < -0.39 is 16.1 Å². The summed E-state index contributed by atoms with van der Waals surface area (Å²) >= 11 is 0. The molecule has 0 heterocycles. The second-order valence-corrected chi connectivity index (χ2v) is 9.59. The lowest BCUT2D eigenvalue weighted by atomic mass is 10.1. The minimum atomic E-state index is -3.62. The maximum Gasteiger partial charge on any atom is 0.243 e. The maximum absolute atomic E-state index is 12.9. The molecule has 0 fully saturated rings. The standard InChI is InChI=1S/C23H33N3O3S/c1-6-22(26(30(5,28)29)21-16-18(2)15-19(3)17-21)23(27)24-13-10-14-25(4)20-11-8-7-9-12-20/h7-9,11-12,15-17,22H,6,10,13-14H2,1-5H3,(H,24,27)/t22-/m0/s1. The number of nitrogens with zero attached hydrogens (tertiary/aromatic N) is 2. The summed E-state index contributed by atoms with van der Waals surface area (Å²) in [5.74, 6) is -0.274. The van der Waals surface area contributed by atoms with Crippen LogP contribution in [0, 0.1) is 13.8 Å². The Kier molecular flexibility index (Phi) is 8.29. The van der Waals surface area contributed by atoms with E-state index in [9.17, 15) is 13.2 Å². The van der Waals surface area contributed by atoms with Gasteiger partial charge in [-0.3, -0.25) is 9.10 Å². The third kappa shape index (κ3) is 6.49. The Morgan fingerprint density at radius 2 is 1.63 bits per heavy atom. The molecule has 6 nitrogen and oxygen atoms in total. The van der Waals surface area contributed by atoms with Crippen LogP contribution in [0.3, 0.4) is 0 Å².